The van der Waals surface area contributed by atoms with Gasteiger partial charge >= 0.3 is 6.03 Å². The van der Waals surface area contributed by atoms with Crippen molar-refractivity contribution in [2.45, 2.75) is 51.8 Å². The van der Waals surface area contributed by atoms with E-state index in [0.717, 1.165) is 12.0 Å². The number of rotatable bonds is 6. The van der Waals surface area contributed by atoms with Gasteiger partial charge in [0.1, 0.15) is 0 Å². The van der Waals surface area contributed by atoms with Gasteiger partial charge in [-0.3, -0.25) is 0 Å². The summed E-state index contributed by atoms with van der Waals surface area (Å²) in [5.41, 5.74) is 1.29. The first-order valence-electron chi connectivity index (χ1n) is 7.39. The molecule has 2 amide bonds. The first kappa shape index (κ1) is 18.0. The third kappa shape index (κ3) is 5.74. The Morgan fingerprint density at radius 1 is 1.27 bits per heavy atom. The molecule has 0 aliphatic carbocycles. The van der Waals surface area contributed by atoms with Crippen molar-refractivity contribution in [2.24, 2.45) is 0 Å². The number of nitrogens with one attached hydrogen (secondary N) is 2. The molecule has 0 saturated heterocycles. The van der Waals surface area contributed by atoms with E-state index in [0.29, 0.717) is 5.56 Å². The molecular weight excluding hydrogens is 278 g/mol. The summed E-state index contributed by atoms with van der Waals surface area (Å²) in [4.78, 5) is 12.0. The van der Waals surface area contributed by atoms with E-state index in [4.69, 9.17) is 10.00 Å². The van der Waals surface area contributed by atoms with E-state index in [1.807, 2.05) is 39.8 Å². The highest BCUT2D eigenvalue weighted by Crippen LogP contribution is 2.16. The van der Waals surface area contributed by atoms with Crippen LogP contribution in [-0.2, 0) is 4.74 Å². The highest BCUT2D eigenvalue weighted by molar-refractivity contribution is 5.74. The van der Waals surface area contributed by atoms with E-state index >= 15 is 0 Å². The van der Waals surface area contributed by atoms with Gasteiger partial charge in [-0.05, 0) is 51.8 Å². The normalized spacial score (nSPS) is 13.8. The Morgan fingerprint density at radius 2 is 1.86 bits per heavy atom. The molecule has 0 heterocycles. The lowest BCUT2D eigenvalue weighted by Crippen LogP contribution is -2.44. The predicted molar refractivity (Wildman–Crippen MR) is 86.4 cm³/mol. The first-order valence-corrected chi connectivity index (χ1v) is 7.39. The summed E-state index contributed by atoms with van der Waals surface area (Å²) < 4.78 is 5.36. The van der Waals surface area contributed by atoms with Gasteiger partial charge in [-0.15, -0.1) is 0 Å². The predicted octanol–water partition coefficient (Wildman–Crippen LogP) is 3.12. The zero-order chi connectivity index (χ0) is 16.8. The molecule has 0 bridgehead atoms. The number of carbonyl (C=O) groups excluding carboxylic acids is 1. The molecule has 5 heteroatoms. The Balaban J connectivity index is 2.51. The lowest BCUT2D eigenvalue weighted by molar-refractivity contribution is 0.00949. The van der Waals surface area contributed by atoms with Crippen molar-refractivity contribution >= 4 is 6.03 Å². The van der Waals surface area contributed by atoms with E-state index in [1.165, 1.54) is 0 Å². The smallest absolute Gasteiger partial charge is 0.315 e. The van der Waals surface area contributed by atoms with Crippen molar-refractivity contribution in [3.63, 3.8) is 0 Å². The van der Waals surface area contributed by atoms with Crippen LogP contribution in [0.1, 0.15) is 51.3 Å². The molecule has 2 N–H and O–H groups in total. The van der Waals surface area contributed by atoms with E-state index in [1.54, 1.807) is 19.2 Å². The van der Waals surface area contributed by atoms with E-state index < -0.39 is 0 Å². The van der Waals surface area contributed by atoms with Crippen LogP contribution in [0.2, 0.25) is 0 Å². The van der Waals surface area contributed by atoms with Crippen molar-refractivity contribution in [2.75, 3.05) is 7.11 Å². The van der Waals surface area contributed by atoms with Gasteiger partial charge in [0.25, 0.3) is 0 Å². The summed E-state index contributed by atoms with van der Waals surface area (Å²) >= 11 is 0. The van der Waals surface area contributed by atoms with Gasteiger partial charge < -0.3 is 15.4 Å². The van der Waals surface area contributed by atoms with Crippen LogP contribution in [0.4, 0.5) is 4.79 Å². The number of benzene rings is 1. The van der Waals surface area contributed by atoms with Gasteiger partial charge in [-0.1, -0.05) is 12.1 Å². The number of hydrogen-bond donors (Lipinski definition) is 2. The zero-order valence-electron chi connectivity index (χ0n) is 13.9. The molecule has 0 unspecified atom stereocenters. The Bertz CT molecular complexity index is 532. The van der Waals surface area contributed by atoms with Gasteiger partial charge in [0.2, 0.25) is 0 Å². The van der Waals surface area contributed by atoms with Gasteiger partial charge in [0.15, 0.2) is 0 Å². The van der Waals surface area contributed by atoms with Gasteiger partial charge in [0.05, 0.1) is 23.3 Å². The molecule has 22 heavy (non-hydrogen) atoms. The molecule has 0 aliphatic heterocycles. The van der Waals surface area contributed by atoms with Gasteiger partial charge in [-0.2, -0.15) is 5.26 Å². The minimum atomic E-state index is -0.272. The van der Waals surface area contributed by atoms with Crippen LogP contribution in [0.5, 0.6) is 0 Å². The molecule has 0 radical (unpaired) electrons. The number of methoxy groups -OCH3 is 1. The van der Waals surface area contributed by atoms with Crippen LogP contribution in [-0.4, -0.2) is 24.8 Å². The highest BCUT2D eigenvalue weighted by atomic mass is 16.5. The summed E-state index contributed by atoms with van der Waals surface area (Å²) in [7, 11) is 1.67. The maximum absolute atomic E-state index is 12.0. The van der Waals surface area contributed by atoms with Crippen LogP contribution in [0.15, 0.2) is 24.3 Å². The number of hydrogen-bond acceptors (Lipinski definition) is 3. The fourth-order valence-corrected chi connectivity index (χ4v) is 2.26. The van der Waals surface area contributed by atoms with Gasteiger partial charge in [0, 0.05) is 13.2 Å². The molecule has 0 saturated carbocycles. The molecule has 0 aromatic heterocycles. The molecule has 1 aromatic carbocycles. The standard InChI is InChI=1S/C17H25N3O2/c1-12(10-17(3,4)22-5)19-16(21)20-13(2)15-8-6-14(11-18)7-9-15/h6-9,12-13H,10H2,1-5H3,(H2,19,20,21)/t12-,13-/m0/s1. The van der Waals surface area contributed by atoms with Crippen LogP contribution >= 0.6 is 0 Å². The molecule has 120 valence electrons. The SMILES string of the molecule is COC(C)(C)C[C@H](C)NC(=O)N[C@@H](C)c1ccc(C#N)cc1. The quantitative estimate of drug-likeness (QED) is 0.848. The Morgan fingerprint density at radius 3 is 2.36 bits per heavy atom. The molecular formula is C17H25N3O2. The molecule has 5 nitrogen and oxygen atoms in total. The number of carbonyl (C=O) groups is 1. The van der Waals surface area contributed by atoms with Crippen LogP contribution < -0.4 is 10.6 Å². The fraction of sp³-hybridized carbons (Fsp3) is 0.529. The lowest BCUT2D eigenvalue weighted by Gasteiger charge is -2.27. The van der Waals surface area contributed by atoms with Crippen LogP contribution in [0.3, 0.4) is 0 Å². The summed E-state index contributed by atoms with van der Waals surface area (Å²) in [5.74, 6) is 0. The minimum absolute atomic E-state index is 0.00288. The maximum atomic E-state index is 12.0. The molecule has 0 fully saturated rings. The molecule has 1 rings (SSSR count). The summed E-state index contributed by atoms with van der Waals surface area (Å²) in [6.45, 7) is 7.84. The first-order chi connectivity index (χ1) is 10.3. The number of urea groups is 1. The molecule has 0 aliphatic rings. The Labute approximate surface area is 132 Å². The van der Waals surface area contributed by atoms with Crippen molar-refractivity contribution in [3.8, 4) is 6.07 Å². The zero-order valence-corrected chi connectivity index (χ0v) is 13.9. The van der Waals surface area contributed by atoms with E-state index in [9.17, 15) is 4.79 Å². The molecule has 1 aromatic rings. The third-order valence-electron chi connectivity index (χ3n) is 3.62. The van der Waals surface area contributed by atoms with E-state index in [2.05, 4.69) is 16.7 Å². The second kappa shape index (κ2) is 7.81. The lowest BCUT2D eigenvalue weighted by atomic mass is 10.00. The highest BCUT2D eigenvalue weighted by Gasteiger charge is 2.21. The molecule has 2 atom stereocenters. The largest absolute Gasteiger partial charge is 0.379 e. The van der Waals surface area contributed by atoms with E-state index in [-0.39, 0.29) is 23.7 Å². The number of amides is 2. The summed E-state index contributed by atoms with van der Waals surface area (Å²) in [6, 6.07) is 8.92. The number of nitrogens with zero attached hydrogens (tertiary/aromatic N) is 1. The third-order valence-corrected chi connectivity index (χ3v) is 3.62. The molecule has 0 spiro atoms. The second-order valence-electron chi connectivity index (χ2n) is 6.14. The average molecular weight is 303 g/mol. The topological polar surface area (TPSA) is 74.2 Å². The minimum Gasteiger partial charge on any atom is -0.379 e. The number of nitriles is 1. The summed E-state index contributed by atoms with van der Waals surface area (Å²) in [6.07, 6.45) is 0.724. The van der Waals surface area contributed by atoms with Crippen molar-refractivity contribution in [1.29, 1.82) is 5.26 Å². The fourth-order valence-electron chi connectivity index (χ4n) is 2.26. The van der Waals surface area contributed by atoms with Crippen molar-refractivity contribution in [1.82, 2.24) is 10.6 Å². The van der Waals surface area contributed by atoms with Crippen molar-refractivity contribution < 1.29 is 9.53 Å². The Kier molecular flexibility index (Phi) is 6.39. The average Bonchev–Trinajstić information content (AvgIpc) is 2.46. The monoisotopic (exact) mass is 303 g/mol. The van der Waals surface area contributed by atoms with Crippen molar-refractivity contribution in [3.05, 3.63) is 35.4 Å². The number of ether oxygens (including phenoxy) is 1. The summed E-state index contributed by atoms with van der Waals surface area (Å²) in [5, 5.41) is 14.6. The van der Waals surface area contributed by atoms with Crippen LogP contribution in [0, 0.1) is 11.3 Å². The second-order valence-corrected chi connectivity index (χ2v) is 6.14. The maximum Gasteiger partial charge on any atom is 0.315 e. The van der Waals surface area contributed by atoms with Gasteiger partial charge in [-0.25, -0.2) is 4.79 Å². The van der Waals surface area contributed by atoms with Crippen LogP contribution in [0.25, 0.3) is 0 Å². The Hall–Kier alpha value is -2.06.